The first-order valence-electron chi connectivity index (χ1n) is 7.01. The highest BCUT2D eigenvalue weighted by Gasteiger charge is 2.45. The van der Waals surface area contributed by atoms with Crippen LogP contribution in [0.25, 0.3) is 0 Å². The molecule has 104 valence electrons. The molecule has 3 rings (SSSR count). The number of likely N-dealkylation sites (tertiary alicyclic amines) is 1. The number of aromatic nitrogens is 1. The molecule has 1 aromatic rings. The topological polar surface area (TPSA) is 34.6 Å². The number of rotatable bonds is 3. The Morgan fingerprint density at radius 3 is 3.16 bits per heavy atom. The van der Waals surface area contributed by atoms with E-state index < -0.39 is 0 Å². The van der Waals surface area contributed by atoms with Crippen LogP contribution in [0, 0.1) is 6.92 Å². The molecule has 1 aromatic heterocycles. The van der Waals surface area contributed by atoms with Crippen molar-refractivity contribution in [3.63, 3.8) is 0 Å². The van der Waals surface area contributed by atoms with Gasteiger partial charge in [-0.25, -0.2) is 0 Å². The summed E-state index contributed by atoms with van der Waals surface area (Å²) < 4.78 is 11.4. The van der Waals surface area contributed by atoms with Crippen molar-refractivity contribution in [1.29, 1.82) is 0 Å². The zero-order chi connectivity index (χ0) is 13.3. The van der Waals surface area contributed by atoms with Gasteiger partial charge in [0, 0.05) is 38.9 Å². The lowest BCUT2D eigenvalue weighted by Crippen LogP contribution is -2.33. The first-order valence-corrected chi connectivity index (χ1v) is 7.01. The van der Waals surface area contributed by atoms with Crippen LogP contribution in [0.2, 0.25) is 0 Å². The number of pyridine rings is 1. The van der Waals surface area contributed by atoms with Crippen molar-refractivity contribution >= 4 is 0 Å². The summed E-state index contributed by atoms with van der Waals surface area (Å²) in [5, 5.41) is 0. The van der Waals surface area contributed by atoms with E-state index in [4.69, 9.17) is 9.47 Å². The maximum atomic E-state index is 6.01. The molecule has 0 aromatic carbocycles. The Hall–Kier alpha value is -0.970. The highest BCUT2D eigenvalue weighted by molar-refractivity contribution is 5.10. The quantitative estimate of drug-likeness (QED) is 0.831. The van der Waals surface area contributed by atoms with Crippen LogP contribution in [0.4, 0.5) is 0 Å². The Bertz CT molecular complexity index is 452. The summed E-state index contributed by atoms with van der Waals surface area (Å²) in [5.41, 5.74) is 2.27. The highest BCUT2D eigenvalue weighted by Crippen LogP contribution is 2.36. The van der Waals surface area contributed by atoms with Crippen LogP contribution in [0.3, 0.4) is 0 Å². The van der Waals surface area contributed by atoms with Gasteiger partial charge in [-0.1, -0.05) is 6.07 Å². The molecule has 0 radical (unpaired) electrons. The predicted molar refractivity (Wildman–Crippen MR) is 73.0 cm³/mol. The minimum Gasteiger partial charge on any atom is -0.379 e. The Kier molecular flexibility index (Phi) is 3.56. The minimum absolute atomic E-state index is 0.0322. The molecule has 19 heavy (non-hydrogen) atoms. The van der Waals surface area contributed by atoms with Crippen LogP contribution in [0.15, 0.2) is 18.2 Å². The van der Waals surface area contributed by atoms with Crippen LogP contribution < -0.4 is 0 Å². The van der Waals surface area contributed by atoms with Crippen molar-refractivity contribution in [3.05, 3.63) is 29.6 Å². The molecule has 2 aliphatic rings. The number of hydrogen-bond donors (Lipinski definition) is 0. The molecule has 2 aliphatic heterocycles. The summed E-state index contributed by atoms with van der Waals surface area (Å²) in [6, 6.07) is 6.22. The summed E-state index contributed by atoms with van der Waals surface area (Å²) in [6.45, 7) is 5.80. The molecule has 2 atom stereocenters. The fourth-order valence-corrected chi connectivity index (χ4v) is 3.22. The second-order valence-corrected chi connectivity index (χ2v) is 5.79. The lowest BCUT2D eigenvalue weighted by Gasteiger charge is -2.23. The van der Waals surface area contributed by atoms with Gasteiger partial charge in [-0.2, -0.15) is 0 Å². The van der Waals surface area contributed by atoms with Gasteiger partial charge in [0.15, 0.2) is 0 Å². The third kappa shape index (κ3) is 2.81. The first-order chi connectivity index (χ1) is 9.19. The molecular formula is C15H22N2O2. The van der Waals surface area contributed by atoms with Gasteiger partial charge in [0.1, 0.15) is 0 Å². The van der Waals surface area contributed by atoms with Gasteiger partial charge < -0.3 is 9.47 Å². The average Bonchev–Trinajstić information content (AvgIpc) is 2.97. The molecule has 0 aliphatic carbocycles. The Morgan fingerprint density at radius 1 is 1.53 bits per heavy atom. The summed E-state index contributed by atoms with van der Waals surface area (Å²) in [6.07, 6.45) is 2.41. The number of hydrogen-bond acceptors (Lipinski definition) is 4. The van der Waals surface area contributed by atoms with Gasteiger partial charge in [0.05, 0.1) is 24.0 Å². The molecule has 3 heterocycles. The summed E-state index contributed by atoms with van der Waals surface area (Å²) in [7, 11) is 1.77. The third-order valence-electron chi connectivity index (χ3n) is 4.24. The molecule has 0 N–H and O–H groups in total. The van der Waals surface area contributed by atoms with Crippen molar-refractivity contribution < 1.29 is 9.47 Å². The van der Waals surface area contributed by atoms with E-state index in [1.807, 2.05) is 13.0 Å². The molecule has 1 spiro atoms. The number of methoxy groups -OCH3 is 1. The van der Waals surface area contributed by atoms with Crippen molar-refractivity contribution in [3.8, 4) is 0 Å². The second kappa shape index (κ2) is 5.19. The van der Waals surface area contributed by atoms with Crippen molar-refractivity contribution in [2.45, 2.75) is 38.0 Å². The summed E-state index contributed by atoms with van der Waals surface area (Å²) in [5.74, 6) is 0. The van der Waals surface area contributed by atoms with E-state index in [1.165, 1.54) is 0 Å². The monoisotopic (exact) mass is 262 g/mol. The molecule has 2 fully saturated rings. The van der Waals surface area contributed by atoms with Gasteiger partial charge in [0.25, 0.3) is 0 Å². The van der Waals surface area contributed by atoms with Gasteiger partial charge in [-0.15, -0.1) is 0 Å². The van der Waals surface area contributed by atoms with E-state index in [9.17, 15) is 0 Å². The molecule has 4 nitrogen and oxygen atoms in total. The molecule has 2 unspecified atom stereocenters. The molecule has 2 saturated heterocycles. The number of ether oxygens (including phenoxy) is 2. The van der Waals surface area contributed by atoms with Gasteiger partial charge in [-0.05, 0) is 25.5 Å². The van der Waals surface area contributed by atoms with Gasteiger partial charge >= 0.3 is 0 Å². The maximum absolute atomic E-state index is 6.01. The minimum atomic E-state index is 0.0322. The fourth-order valence-electron chi connectivity index (χ4n) is 3.22. The molecule has 0 amide bonds. The Balaban J connectivity index is 1.60. The normalized spacial score (nSPS) is 31.4. The van der Waals surface area contributed by atoms with Crippen LogP contribution >= 0.6 is 0 Å². The van der Waals surface area contributed by atoms with E-state index in [2.05, 4.69) is 22.0 Å². The largest absolute Gasteiger partial charge is 0.379 e. The van der Waals surface area contributed by atoms with Crippen LogP contribution in [0.1, 0.15) is 24.2 Å². The maximum Gasteiger partial charge on any atom is 0.0847 e. The number of nitrogens with zero attached hydrogens (tertiary/aromatic N) is 2. The first kappa shape index (κ1) is 13.0. The molecule has 0 bridgehead atoms. The smallest absolute Gasteiger partial charge is 0.0847 e. The molecule has 4 heteroatoms. The Morgan fingerprint density at radius 2 is 2.42 bits per heavy atom. The number of aryl methyl sites for hydroxylation is 1. The molecular weight excluding hydrogens is 240 g/mol. The van der Waals surface area contributed by atoms with E-state index in [0.29, 0.717) is 0 Å². The van der Waals surface area contributed by atoms with E-state index in [0.717, 1.165) is 50.5 Å². The average molecular weight is 262 g/mol. The van der Waals surface area contributed by atoms with Gasteiger partial charge in [0.2, 0.25) is 0 Å². The fraction of sp³-hybridized carbons (Fsp3) is 0.667. The zero-order valence-electron chi connectivity index (χ0n) is 11.8. The zero-order valence-corrected chi connectivity index (χ0v) is 11.8. The van der Waals surface area contributed by atoms with Crippen LogP contribution in [-0.2, 0) is 16.0 Å². The standard InChI is InChI=1S/C15H22N2O2/c1-12-4-3-5-13(16-12)9-17-7-6-15(11-17)8-14(18-2)10-19-15/h3-5,14H,6-11H2,1-2H3. The van der Waals surface area contributed by atoms with Crippen molar-refractivity contribution in [2.24, 2.45) is 0 Å². The molecule has 0 saturated carbocycles. The predicted octanol–water partition coefficient (Wildman–Crippen LogP) is 1.77. The summed E-state index contributed by atoms with van der Waals surface area (Å²) in [4.78, 5) is 7.02. The van der Waals surface area contributed by atoms with E-state index >= 15 is 0 Å². The SMILES string of the molecule is COC1COC2(CCN(Cc3cccc(C)n3)C2)C1. The van der Waals surface area contributed by atoms with Crippen LogP contribution in [-0.4, -0.2) is 48.4 Å². The third-order valence-corrected chi connectivity index (χ3v) is 4.24. The highest BCUT2D eigenvalue weighted by atomic mass is 16.6. The lowest BCUT2D eigenvalue weighted by molar-refractivity contribution is 0.00627. The van der Waals surface area contributed by atoms with E-state index in [1.54, 1.807) is 7.11 Å². The lowest BCUT2D eigenvalue weighted by atomic mass is 9.98. The summed E-state index contributed by atoms with van der Waals surface area (Å²) >= 11 is 0. The van der Waals surface area contributed by atoms with E-state index in [-0.39, 0.29) is 11.7 Å². The van der Waals surface area contributed by atoms with Crippen LogP contribution in [0.5, 0.6) is 0 Å². The second-order valence-electron chi connectivity index (χ2n) is 5.79. The van der Waals surface area contributed by atoms with Crippen molar-refractivity contribution in [2.75, 3.05) is 26.8 Å². The Labute approximate surface area is 114 Å². The van der Waals surface area contributed by atoms with Gasteiger partial charge in [-0.3, -0.25) is 9.88 Å². The van der Waals surface area contributed by atoms with Crippen molar-refractivity contribution in [1.82, 2.24) is 9.88 Å².